The van der Waals surface area contributed by atoms with Gasteiger partial charge in [-0.25, -0.2) is 0 Å². The summed E-state index contributed by atoms with van der Waals surface area (Å²) in [5.41, 5.74) is 2.29. The van der Waals surface area contributed by atoms with Gasteiger partial charge in [0.2, 0.25) is 0 Å². The molecule has 2 rings (SSSR count). The van der Waals surface area contributed by atoms with Crippen molar-refractivity contribution in [3.05, 3.63) is 59.7 Å². The van der Waals surface area contributed by atoms with Crippen LogP contribution in [-0.4, -0.2) is 27.3 Å². The molecular weight excluding hydrogens is 316 g/mol. The van der Waals surface area contributed by atoms with Crippen molar-refractivity contribution in [2.45, 2.75) is 31.6 Å². The first-order valence-corrected chi connectivity index (χ1v) is 8.47. The van der Waals surface area contributed by atoms with Crippen LogP contribution in [0.25, 0.3) is 0 Å². The summed E-state index contributed by atoms with van der Waals surface area (Å²) < 4.78 is 15.4. The Balaban J connectivity index is 2.37. The van der Waals surface area contributed by atoms with Gasteiger partial charge in [-0.1, -0.05) is 31.2 Å². The number of rotatable bonds is 8. The van der Waals surface area contributed by atoms with Gasteiger partial charge in [-0.05, 0) is 47.7 Å². The van der Waals surface area contributed by atoms with E-state index < -0.39 is 0 Å². The molecule has 2 aromatic carbocycles. The number of carbonyl (C=O) groups excluding carboxylic acids is 1. The van der Waals surface area contributed by atoms with E-state index >= 15 is 0 Å². The first kappa shape index (κ1) is 18.8. The summed E-state index contributed by atoms with van der Waals surface area (Å²) in [6.07, 6.45) is 1.26. The number of ether oxygens (including phenoxy) is 3. The van der Waals surface area contributed by atoms with E-state index in [-0.39, 0.29) is 17.8 Å². The quantitative estimate of drug-likeness (QED) is 0.661. The Hall–Kier alpha value is -2.49. The maximum Gasteiger partial charge on any atom is 0.306 e. The number of esters is 1. The molecule has 0 aliphatic carbocycles. The highest BCUT2D eigenvalue weighted by molar-refractivity contribution is 5.70. The van der Waals surface area contributed by atoms with E-state index in [2.05, 4.69) is 19.1 Å². The lowest BCUT2D eigenvalue weighted by Gasteiger charge is -2.27. The van der Waals surface area contributed by atoms with Crippen molar-refractivity contribution in [2.75, 3.05) is 21.3 Å². The molecule has 0 radical (unpaired) electrons. The van der Waals surface area contributed by atoms with Gasteiger partial charge in [0.05, 0.1) is 27.8 Å². The smallest absolute Gasteiger partial charge is 0.306 e. The van der Waals surface area contributed by atoms with Crippen LogP contribution in [0, 0.1) is 0 Å². The third-order valence-electron chi connectivity index (χ3n) is 4.63. The predicted octanol–water partition coefficient (Wildman–Crippen LogP) is 4.54. The van der Waals surface area contributed by atoms with Gasteiger partial charge in [0.25, 0.3) is 0 Å². The van der Waals surface area contributed by atoms with Crippen molar-refractivity contribution in [3.8, 4) is 11.5 Å². The van der Waals surface area contributed by atoms with Crippen LogP contribution < -0.4 is 9.47 Å². The highest BCUT2D eigenvalue weighted by atomic mass is 16.5. The van der Waals surface area contributed by atoms with Crippen molar-refractivity contribution in [3.63, 3.8) is 0 Å². The fraction of sp³-hybridized carbons (Fsp3) is 0.381. The molecule has 0 heterocycles. The van der Waals surface area contributed by atoms with Gasteiger partial charge >= 0.3 is 5.97 Å². The largest absolute Gasteiger partial charge is 0.497 e. The number of carbonyl (C=O) groups is 1. The molecule has 0 spiro atoms. The molecule has 25 heavy (non-hydrogen) atoms. The van der Waals surface area contributed by atoms with Crippen LogP contribution in [0.1, 0.15) is 42.7 Å². The van der Waals surface area contributed by atoms with Crippen molar-refractivity contribution in [2.24, 2.45) is 0 Å². The summed E-state index contributed by atoms with van der Waals surface area (Å²) in [5, 5.41) is 0. The molecule has 4 nitrogen and oxygen atoms in total. The van der Waals surface area contributed by atoms with E-state index in [1.54, 1.807) is 14.2 Å². The minimum absolute atomic E-state index is 0.0387. The van der Waals surface area contributed by atoms with Gasteiger partial charge in [0.15, 0.2) is 0 Å². The fourth-order valence-electron chi connectivity index (χ4n) is 3.21. The zero-order chi connectivity index (χ0) is 18.2. The van der Waals surface area contributed by atoms with Gasteiger partial charge in [0, 0.05) is 5.92 Å². The third kappa shape index (κ3) is 4.75. The van der Waals surface area contributed by atoms with Crippen LogP contribution in [0.2, 0.25) is 0 Å². The molecule has 0 aliphatic heterocycles. The number of hydrogen-bond donors (Lipinski definition) is 0. The van der Waals surface area contributed by atoms with Gasteiger partial charge in [-0.3, -0.25) is 4.79 Å². The minimum Gasteiger partial charge on any atom is -0.497 e. The topological polar surface area (TPSA) is 44.8 Å². The van der Waals surface area contributed by atoms with Crippen LogP contribution in [-0.2, 0) is 9.53 Å². The van der Waals surface area contributed by atoms with Crippen molar-refractivity contribution in [1.82, 2.24) is 0 Å². The zero-order valence-electron chi connectivity index (χ0n) is 15.3. The molecule has 0 saturated carbocycles. The Labute approximate surface area is 149 Å². The molecule has 0 saturated heterocycles. The first-order chi connectivity index (χ1) is 12.1. The van der Waals surface area contributed by atoms with Crippen LogP contribution in [0.4, 0.5) is 0 Å². The third-order valence-corrected chi connectivity index (χ3v) is 4.63. The van der Waals surface area contributed by atoms with Crippen molar-refractivity contribution < 1.29 is 19.0 Å². The second kappa shape index (κ2) is 9.11. The molecule has 134 valence electrons. The maximum atomic E-state index is 12.0. The van der Waals surface area contributed by atoms with Crippen LogP contribution >= 0.6 is 0 Å². The monoisotopic (exact) mass is 342 g/mol. The van der Waals surface area contributed by atoms with Crippen molar-refractivity contribution in [1.29, 1.82) is 0 Å². The van der Waals surface area contributed by atoms with Crippen LogP contribution in [0.5, 0.6) is 11.5 Å². The summed E-state index contributed by atoms with van der Waals surface area (Å²) in [6, 6.07) is 16.0. The Bertz CT molecular complexity index is 661. The Kier molecular flexibility index (Phi) is 6.87. The number of benzene rings is 2. The maximum absolute atomic E-state index is 12.0. The minimum atomic E-state index is -0.201. The van der Waals surface area contributed by atoms with Gasteiger partial charge < -0.3 is 14.2 Å². The lowest BCUT2D eigenvalue weighted by molar-refractivity contribution is -0.141. The normalized spacial score (nSPS) is 13.0. The van der Waals surface area contributed by atoms with Gasteiger partial charge in [0.1, 0.15) is 11.5 Å². The molecule has 0 amide bonds. The Morgan fingerprint density at radius 1 is 0.800 bits per heavy atom. The van der Waals surface area contributed by atoms with E-state index in [4.69, 9.17) is 14.2 Å². The van der Waals surface area contributed by atoms with Gasteiger partial charge in [-0.15, -0.1) is 0 Å². The summed E-state index contributed by atoms with van der Waals surface area (Å²) in [5.74, 6) is 1.67. The van der Waals surface area contributed by atoms with Crippen molar-refractivity contribution >= 4 is 5.97 Å². The highest BCUT2D eigenvalue weighted by Crippen LogP contribution is 2.39. The molecular formula is C21H26O4. The summed E-state index contributed by atoms with van der Waals surface area (Å²) in [6.45, 7) is 2.14. The number of hydrogen-bond acceptors (Lipinski definition) is 4. The summed E-state index contributed by atoms with van der Waals surface area (Å²) in [4.78, 5) is 12.0. The SMILES string of the molecule is CCC(c1ccc(OC)cc1)C(CC(=O)OC)c1ccc(OC)cc1. The second-order valence-electron chi connectivity index (χ2n) is 5.95. The Morgan fingerprint density at radius 2 is 1.24 bits per heavy atom. The van der Waals surface area contributed by atoms with E-state index in [9.17, 15) is 4.79 Å². The molecule has 0 N–H and O–H groups in total. The average Bonchev–Trinajstić information content (AvgIpc) is 2.68. The average molecular weight is 342 g/mol. The molecule has 2 atom stereocenters. The summed E-state index contributed by atoms with van der Waals surface area (Å²) >= 11 is 0. The molecule has 0 fully saturated rings. The lowest BCUT2D eigenvalue weighted by Crippen LogP contribution is -2.16. The van der Waals surface area contributed by atoms with E-state index in [1.165, 1.54) is 12.7 Å². The first-order valence-electron chi connectivity index (χ1n) is 8.47. The molecule has 0 aliphatic rings. The van der Waals surface area contributed by atoms with Gasteiger partial charge in [-0.2, -0.15) is 0 Å². The summed E-state index contributed by atoms with van der Waals surface area (Å²) in [7, 11) is 4.73. The van der Waals surface area contributed by atoms with E-state index in [1.807, 2.05) is 36.4 Å². The van der Waals surface area contributed by atoms with E-state index in [0.717, 1.165) is 23.5 Å². The fourth-order valence-corrected chi connectivity index (χ4v) is 3.21. The number of methoxy groups -OCH3 is 3. The molecule has 0 aromatic heterocycles. The van der Waals surface area contributed by atoms with E-state index in [0.29, 0.717) is 6.42 Å². The molecule has 0 bridgehead atoms. The Morgan fingerprint density at radius 3 is 1.60 bits per heavy atom. The second-order valence-corrected chi connectivity index (χ2v) is 5.95. The standard InChI is InChI=1S/C21H26O4/c1-5-19(15-6-10-17(23-2)11-7-15)20(14-21(22)25-4)16-8-12-18(24-3)13-9-16/h6-13,19-20H,5,14H2,1-4H3. The zero-order valence-corrected chi connectivity index (χ0v) is 15.3. The van der Waals surface area contributed by atoms with Crippen LogP contribution in [0.15, 0.2) is 48.5 Å². The molecule has 2 unspecified atom stereocenters. The lowest BCUT2D eigenvalue weighted by atomic mass is 9.78. The molecule has 4 heteroatoms. The highest BCUT2D eigenvalue weighted by Gasteiger charge is 2.26. The predicted molar refractivity (Wildman–Crippen MR) is 98.4 cm³/mol. The van der Waals surface area contributed by atoms with Crippen LogP contribution in [0.3, 0.4) is 0 Å². The molecule has 2 aromatic rings.